The second kappa shape index (κ2) is 14.1. The molecule has 2 aromatic rings. The summed E-state index contributed by atoms with van der Waals surface area (Å²) in [6.07, 6.45) is 0.982. The summed E-state index contributed by atoms with van der Waals surface area (Å²) < 4.78 is 10.7. The summed E-state index contributed by atoms with van der Waals surface area (Å²) in [6.45, 7) is 4.24. The first-order valence-corrected chi connectivity index (χ1v) is 10.0. The molecule has 0 saturated carbocycles. The molecule has 0 spiro atoms. The molecule has 2 N–H and O–H groups in total. The maximum atomic E-state index is 5.38. The SMILES string of the molecule is CCNC(=NCc1ccc(OC)c(OC)c1)NCC(Cc1ccccc1)N(C)C.I. The van der Waals surface area contributed by atoms with Crippen LogP contribution in [0, 0.1) is 0 Å². The molecule has 2 rings (SSSR count). The fourth-order valence-electron chi connectivity index (χ4n) is 3.03. The summed E-state index contributed by atoms with van der Waals surface area (Å²) in [5.74, 6) is 2.25. The molecule has 0 radical (unpaired) electrons. The van der Waals surface area contributed by atoms with Crippen LogP contribution in [0.15, 0.2) is 53.5 Å². The van der Waals surface area contributed by atoms with E-state index in [0.717, 1.165) is 36.8 Å². The molecule has 166 valence electrons. The first-order valence-electron chi connectivity index (χ1n) is 10.0. The summed E-state index contributed by atoms with van der Waals surface area (Å²) >= 11 is 0. The number of likely N-dealkylation sites (N-methyl/N-ethyl adjacent to an activating group) is 1. The van der Waals surface area contributed by atoms with Crippen molar-refractivity contribution in [2.75, 3.05) is 41.4 Å². The quantitative estimate of drug-likeness (QED) is 0.282. The fraction of sp³-hybridized carbons (Fsp3) is 0.435. The van der Waals surface area contributed by atoms with Gasteiger partial charge in [0.05, 0.1) is 20.8 Å². The minimum absolute atomic E-state index is 0. The van der Waals surface area contributed by atoms with Gasteiger partial charge in [0, 0.05) is 19.1 Å². The topological polar surface area (TPSA) is 58.1 Å². The molecule has 1 atom stereocenters. The fourth-order valence-corrected chi connectivity index (χ4v) is 3.03. The van der Waals surface area contributed by atoms with Crippen LogP contribution in [-0.2, 0) is 13.0 Å². The highest BCUT2D eigenvalue weighted by Crippen LogP contribution is 2.27. The van der Waals surface area contributed by atoms with E-state index in [1.807, 2.05) is 18.2 Å². The van der Waals surface area contributed by atoms with Crippen LogP contribution >= 0.6 is 24.0 Å². The first-order chi connectivity index (χ1) is 14.1. The van der Waals surface area contributed by atoms with Gasteiger partial charge in [0.1, 0.15) is 0 Å². The van der Waals surface area contributed by atoms with Gasteiger partial charge in [-0.05, 0) is 50.7 Å². The van der Waals surface area contributed by atoms with Crippen molar-refractivity contribution < 1.29 is 9.47 Å². The Labute approximate surface area is 198 Å². The van der Waals surface area contributed by atoms with E-state index in [-0.39, 0.29) is 24.0 Å². The van der Waals surface area contributed by atoms with E-state index in [1.165, 1.54) is 5.56 Å². The lowest BCUT2D eigenvalue weighted by atomic mass is 10.1. The monoisotopic (exact) mass is 526 g/mol. The zero-order valence-electron chi connectivity index (χ0n) is 18.6. The number of benzene rings is 2. The molecule has 0 aliphatic carbocycles. The number of guanidine groups is 1. The molecule has 0 amide bonds. The lowest BCUT2D eigenvalue weighted by Crippen LogP contribution is -2.46. The van der Waals surface area contributed by atoms with E-state index in [2.05, 4.69) is 66.9 Å². The molecule has 7 heteroatoms. The van der Waals surface area contributed by atoms with Crippen molar-refractivity contribution >= 4 is 29.9 Å². The van der Waals surface area contributed by atoms with Crippen molar-refractivity contribution in [1.29, 1.82) is 0 Å². The Morgan fingerprint density at radius 3 is 2.27 bits per heavy atom. The zero-order valence-corrected chi connectivity index (χ0v) is 21.0. The molecule has 6 nitrogen and oxygen atoms in total. The highest BCUT2D eigenvalue weighted by molar-refractivity contribution is 14.0. The molecule has 0 aliphatic heterocycles. The largest absolute Gasteiger partial charge is 0.493 e. The molecule has 2 aromatic carbocycles. The Hall–Kier alpha value is -2.00. The lowest BCUT2D eigenvalue weighted by molar-refractivity contribution is 0.290. The smallest absolute Gasteiger partial charge is 0.191 e. The van der Waals surface area contributed by atoms with E-state index in [4.69, 9.17) is 14.5 Å². The molecule has 30 heavy (non-hydrogen) atoms. The average Bonchev–Trinajstić information content (AvgIpc) is 2.74. The number of nitrogens with zero attached hydrogens (tertiary/aromatic N) is 2. The Bertz CT molecular complexity index is 769. The molecular formula is C23H35IN4O2. The van der Waals surface area contributed by atoms with Gasteiger partial charge in [-0.3, -0.25) is 0 Å². The van der Waals surface area contributed by atoms with E-state index >= 15 is 0 Å². The zero-order chi connectivity index (χ0) is 21.1. The predicted molar refractivity (Wildman–Crippen MR) is 135 cm³/mol. The van der Waals surface area contributed by atoms with Gasteiger partial charge in [0.2, 0.25) is 0 Å². The van der Waals surface area contributed by atoms with Crippen molar-refractivity contribution in [2.45, 2.75) is 25.9 Å². The Balaban J connectivity index is 0.00000450. The summed E-state index contributed by atoms with van der Waals surface area (Å²) in [5.41, 5.74) is 2.40. The number of ether oxygens (including phenoxy) is 2. The van der Waals surface area contributed by atoms with Crippen LogP contribution in [0.4, 0.5) is 0 Å². The number of halogens is 1. The van der Waals surface area contributed by atoms with Gasteiger partial charge in [-0.2, -0.15) is 0 Å². The van der Waals surface area contributed by atoms with Gasteiger partial charge < -0.3 is 25.0 Å². The standard InChI is InChI=1S/C23H34N4O2.HI/c1-6-24-23(25-16-19-12-13-21(28-4)22(15-19)29-5)26-17-20(27(2)3)14-18-10-8-7-9-11-18;/h7-13,15,20H,6,14,16-17H2,1-5H3,(H2,24,25,26);1H. The van der Waals surface area contributed by atoms with Crippen LogP contribution in [0.5, 0.6) is 11.5 Å². The number of aliphatic imine (C=N–C) groups is 1. The second-order valence-corrected chi connectivity index (χ2v) is 7.07. The highest BCUT2D eigenvalue weighted by Gasteiger charge is 2.13. The van der Waals surface area contributed by atoms with Gasteiger partial charge in [-0.15, -0.1) is 24.0 Å². The summed E-state index contributed by atoms with van der Waals surface area (Å²) in [7, 11) is 7.51. The van der Waals surface area contributed by atoms with Gasteiger partial charge >= 0.3 is 0 Å². The van der Waals surface area contributed by atoms with Crippen molar-refractivity contribution in [3.8, 4) is 11.5 Å². The van der Waals surface area contributed by atoms with E-state index in [1.54, 1.807) is 14.2 Å². The van der Waals surface area contributed by atoms with Crippen molar-refractivity contribution in [1.82, 2.24) is 15.5 Å². The minimum atomic E-state index is 0. The van der Waals surface area contributed by atoms with Crippen LogP contribution < -0.4 is 20.1 Å². The van der Waals surface area contributed by atoms with Crippen molar-refractivity contribution in [3.63, 3.8) is 0 Å². The van der Waals surface area contributed by atoms with E-state index in [9.17, 15) is 0 Å². The number of hydrogen-bond acceptors (Lipinski definition) is 4. The van der Waals surface area contributed by atoms with E-state index < -0.39 is 0 Å². The van der Waals surface area contributed by atoms with E-state index in [0.29, 0.717) is 18.3 Å². The van der Waals surface area contributed by atoms with Gasteiger partial charge in [0.25, 0.3) is 0 Å². The summed E-state index contributed by atoms with van der Waals surface area (Å²) in [6, 6.07) is 16.8. The lowest BCUT2D eigenvalue weighted by Gasteiger charge is -2.25. The molecule has 0 bridgehead atoms. The minimum Gasteiger partial charge on any atom is -0.493 e. The molecule has 0 fully saturated rings. The third-order valence-corrected chi connectivity index (χ3v) is 4.76. The third-order valence-electron chi connectivity index (χ3n) is 4.76. The number of hydrogen-bond donors (Lipinski definition) is 2. The molecule has 0 heterocycles. The molecule has 1 unspecified atom stereocenters. The maximum Gasteiger partial charge on any atom is 0.191 e. The van der Waals surface area contributed by atoms with Gasteiger partial charge in [0.15, 0.2) is 17.5 Å². The van der Waals surface area contributed by atoms with Crippen LogP contribution in [-0.4, -0.2) is 58.3 Å². The molecule has 0 saturated heterocycles. The number of methoxy groups -OCH3 is 2. The average molecular weight is 526 g/mol. The Kier molecular flexibility index (Phi) is 12.2. The molecule has 0 aliphatic rings. The van der Waals surface area contributed by atoms with Crippen LogP contribution in [0.3, 0.4) is 0 Å². The summed E-state index contributed by atoms with van der Waals surface area (Å²) in [5, 5.41) is 6.81. The number of nitrogens with one attached hydrogen (secondary N) is 2. The highest BCUT2D eigenvalue weighted by atomic mass is 127. The maximum absolute atomic E-state index is 5.38. The second-order valence-electron chi connectivity index (χ2n) is 7.07. The van der Waals surface area contributed by atoms with Crippen LogP contribution in [0.1, 0.15) is 18.1 Å². The molecular weight excluding hydrogens is 491 g/mol. The Morgan fingerprint density at radius 2 is 1.67 bits per heavy atom. The first kappa shape index (κ1) is 26.0. The predicted octanol–water partition coefficient (Wildman–Crippen LogP) is 3.55. The molecule has 0 aromatic heterocycles. The van der Waals surface area contributed by atoms with Gasteiger partial charge in [-0.1, -0.05) is 36.4 Å². The van der Waals surface area contributed by atoms with Crippen molar-refractivity contribution in [2.24, 2.45) is 4.99 Å². The Morgan fingerprint density at radius 1 is 0.967 bits per heavy atom. The van der Waals surface area contributed by atoms with Crippen molar-refractivity contribution in [3.05, 3.63) is 59.7 Å². The summed E-state index contributed by atoms with van der Waals surface area (Å²) in [4.78, 5) is 6.98. The third kappa shape index (κ3) is 8.39. The normalized spacial score (nSPS) is 12.1. The van der Waals surface area contributed by atoms with Crippen LogP contribution in [0.25, 0.3) is 0 Å². The number of rotatable bonds is 10. The van der Waals surface area contributed by atoms with Gasteiger partial charge in [-0.25, -0.2) is 4.99 Å². The van der Waals surface area contributed by atoms with Crippen LogP contribution in [0.2, 0.25) is 0 Å².